The van der Waals surface area contributed by atoms with E-state index in [9.17, 15) is 17.2 Å². The molecule has 0 bridgehead atoms. The Labute approximate surface area is 107 Å². The van der Waals surface area contributed by atoms with E-state index in [-0.39, 0.29) is 22.7 Å². The predicted molar refractivity (Wildman–Crippen MR) is 64.8 cm³/mol. The van der Waals surface area contributed by atoms with Crippen molar-refractivity contribution in [3.8, 4) is 11.1 Å². The Morgan fingerprint density at radius 2 is 2.05 bits per heavy atom. The number of aromatic nitrogens is 1. The number of halogens is 2. The molecule has 8 heteroatoms. The molecule has 0 spiro atoms. The molecule has 0 unspecified atom stereocenters. The van der Waals surface area contributed by atoms with E-state index in [0.717, 1.165) is 18.4 Å². The molecule has 0 radical (unpaired) electrons. The van der Waals surface area contributed by atoms with Gasteiger partial charge in [-0.15, -0.1) is 0 Å². The Bertz CT molecular complexity index is 726. The van der Waals surface area contributed by atoms with Crippen molar-refractivity contribution in [2.45, 2.75) is 5.75 Å². The molecule has 19 heavy (non-hydrogen) atoms. The van der Waals surface area contributed by atoms with E-state index >= 15 is 0 Å². The van der Waals surface area contributed by atoms with Crippen LogP contribution in [0.3, 0.4) is 0 Å². The molecule has 0 atom stereocenters. The molecule has 2 N–H and O–H groups in total. The highest BCUT2D eigenvalue weighted by Crippen LogP contribution is 2.32. The highest BCUT2D eigenvalue weighted by Gasteiger charge is 2.22. The van der Waals surface area contributed by atoms with Crippen molar-refractivity contribution in [1.29, 1.82) is 0 Å². The Kier molecular flexibility index (Phi) is 3.27. The number of hydrogen-bond donors (Lipinski definition) is 1. The number of benzene rings is 1. The molecule has 0 fully saturated rings. The summed E-state index contributed by atoms with van der Waals surface area (Å²) in [6.45, 7) is 0. The molecule has 0 aliphatic heterocycles. The van der Waals surface area contributed by atoms with Crippen molar-refractivity contribution in [3.63, 3.8) is 0 Å². The standard InChI is InChI=1S/C11H10F2N2O3S/c1-19(16,17)5-9-10(11(14)15-18-9)7-3-2-6(12)4-8(7)13/h2-4H,5H2,1H3,(H2,14,15). The summed E-state index contributed by atoms with van der Waals surface area (Å²) < 4.78 is 53.8. The van der Waals surface area contributed by atoms with Crippen LogP contribution in [-0.2, 0) is 15.6 Å². The summed E-state index contributed by atoms with van der Waals surface area (Å²) >= 11 is 0. The van der Waals surface area contributed by atoms with Gasteiger partial charge in [-0.25, -0.2) is 17.2 Å². The lowest BCUT2D eigenvalue weighted by atomic mass is 10.1. The quantitative estimate of drug-likeness (QED) is 0.929. The summed E-state index contributed by atoms with van der Waals surface area (Å²) in [7, 11) is -3.40. The molecule has 2 rings (SSSR count). The largest absolute Gasteiger partial charge is 0.380 e. The van der Waals surface area contributed by atoms with Crippen LogP contribution >= 0.6 is 0 Å². The number of nitrogens with zero attached hydrogens (tertiary/aromatic N) is 1. The number of nitrogens with two attached hydrogens (primary N) is 1. The van der Waals surface area contributed by atoms with Gasteiger partial charge in [0.1, 0.15) is 17.4 Å². The highest BCUT2D eigenvalue weighted by atomic mass is 32.2. The Hall–Kier alpha value is -1.96. The van der Waals surface area contributed by atoms with E-state index in [1.54, 1.807) is 0 Å². The normalized spacial score (nSPS) is 11.7. The van der Waals surface area contributed by atoms with Crippen molar-refractivity contribution in [3.05, 3.63) is 35.6 Å². The minimum Gasteiger partial charge on any atom is -0.380 e. The fraction of sp³-hybridized carbons (Fsp3) is 0.182. The molecule has 0 saturated heterocycles. The van der Waals surface area contributed by atoms with E-state index < -0.39 is 27.2 Å². The Morgan fingerprint density at radius 3 is 2.63 bits per heavy atom. The van der Waals surface area contributed by atoms with Crippen LogP contribution in [0.1, 0.15) is 5.76 Å². The van der Waals surface area contributed by atoms with Gasteiger partial charge in [-0.1, -0.05) is 5.16 Å². The number of nitrogen functional groups attached to an aromatic ring is 1. The van der Waals surface area contributed by atoms with Gasteiger partial charge in [0, 0.05) is 17.9 Å². The van der Waals surface area contributed by atoms with Crippen LogP contribution in [0, 0.1) is 11.6 Å². The summed E-state index contributed by atoms with van der Waals surface area (Å²) in [5.41, 5.74) is 5.51. The van der Waals surface area contributed by atoms with Crippen LogP contribution in [0.25, 0.3) is 11.1 Å². The number of sulfone groups is 1. The summed E-state index contributed by atoms with van der Waals surface area (Å²) in [6.07, 6.45) is 0.997. The predicted octanol–water partition coefficient (Wildman–Crippen LogP) is 1.75. The van der Waals surface area contributed by atoms with E-state index in [1.165, 1.54) is 0 Å². The first-order valence-electron chi connectivity index (χ1n) is 5.15. The van der Waals surface area contributed by atoms with Gasteiger partial charge in [0.15, 0.2) is 21.4 Å². The summed E-state index contributed by atoms with van der Waals surface area (Å²) in [5.74, 6) is -2.32. The van der Waals surface area contributed by atoms with Gasteiger partial charge in [0.25, 0.3) is 0 Å². The molecule has 0 saturated carbocycles. The molecule has 1 aromatic carbocycles. The third-order valence-electron chi connectivity index (χ3n) is 2.38. The van der Waals surface area contributed by atoms with Gasteiger partial charge in [-0.05, 0) is 12.1 Å². The third kappa shape index (κ3) is 2.90. The van der Waals surface area contributed by atoms with Crippen molar-refractivity contribution >= 4 is 15.7 Å². The molecule has 2 aromatic rings. The zero-order chi connectivity index (χ0) is 14.2. The Morgan fingerprint density at radius 1 is 1.37 bits per heavy atom. The van der Waals surface area contributed by atoms with Crippen molar-refractivity contribution < 1.29 is 21.7 Å². The number of rotatable bonds is 3. The van der Waals surface area contributed by atoms with Gasteiger partial charge in [-0.3, -0.25) is 0 Å². The molecule has 0 amide bonds. The van der Waals surface area contributed by atoms with Gasteiger partial charge < -0.3 is 10.3 Å². The molecule has 102 valence electrons. The van der Waals surface area contributed by atoms with E-state index in [0.29, 0.717) is 6.07 Å². The molecular weight excluding hydrogens is 278 g/mol. The maximum atomic E-state index is 13.7. The fourth-order valence-electron chi connectivity index (χ4n) is 1.66. The lowest BCUT2D eigenvalue weighted by molar-refractivity contribution is 0.396. The maximum absolute atomic E-state index is 13.7. The van der Waals surface area contributed by atoms with E-state index in [1.807, 2.05) is 0 Å². The zero-order valence-electron chi connectivity index (χ0n) is 9.85. The average Bonchev–Trinajstić information content (AvgIpc) is 2.58. The van der Waals surface area contributed by atoms with Crippen LogP contribution in [0.15, 0.2) is 22.7 Å². The van der Waals surface area contributed by atoms with Gasteiger partial charge >= 0.3 is 0 Å². The second kappa shape index (κ2) is 4.61. The molecular formula is C11H10F2N2O3S. The van der Waals surface area contributed by atoms with Crippen LogP contribution in [0.2, 0.25) is 0 Å². The first-order chi connectivity index (χ1) is 8.78. The van der Waals surface area contributed by atoms with E-state index in [2.05, 4.69) is 5.16 Å². The van der Waals surface area contributed by atoms with Gasteiger partial charge in [0.2, 0.25) is 0 Å². The summed E-state index contributed by atoms with van der Waals surface area (Å²) in [6, 6.07) is 2.86. The molecule has 0 aliphatic rings. The first kappa shape index (κ1) is 13.5. The highest BCUT2D eigenvalue weighted by molar-refractivity contribution is 7.89. The molecule has 5 nitrogen and oxygen atoms in total. The van der Waals surface area contributed by atoms with Crippen molar-refractivity contribution in [2.24, 2.45) is 0 Å². The first-order valence-corrected chi connectivity index (χ1v) is 7.21. The van der Waals surface area contributed by atoms with Crippen LogP contribution in [0.5, 0.6) is 0 Å². The molecule has 1 heterocycles. The summed E-state index contributed by atoms with van der Waals surface area (Å²) in [4.78, 5) is 0. The third-order valence-corrected chi connectivity index (χ3v) is 3.17. The average molecular weight is 288 g/mol. The lowest BCUT2D eigenvalue weighted by Gasteiger charge is -2.03. The van der Waals surface area contributed by atoms with Crippen LogP contribution in [0.4, 0.5) is 14.6 Å². The number of anilines is 1. The Balaban J connectivity index is 2.58. The van der Waals surface area contributed by atoms with E-state index in [4.69, 9.17) is 10.3 Å². The molecule has 1 aromatic heterocycles. The topological polar surface area (TPSA) is 86.2 Å². The van der Waals surface area contributed by atoms with Crippen LogP contribution < -0.4 is 5.73 Å². The maximum Gasteiger partial charge on any atom is 0.175 e. The lowest BCUT2D eigenvalue weighted by Crippen LogP contribution is -2.02. The minimum absolute atomic E-state index is 0.0305. The van der Waals surface area contributed by atoms with Crippen molar-refractivity contribution in [2.75, 3.05) is 12.0 Å². The smallest absolute Gasteiger partial charge is 0.175 e. The second-order valence-corrected chi connectivity index (χ2v) is 6.20. The van der Waals surface area contributed by atoms with Gasteiger partial charge in [0.05, 0.1) is 5.56 Å². The number of hydrogen-bond acceptors (Lipinski definition) is 5. The molecule has 0 aliphatic carbocycles. The van der Waals surface area contributed by atoms with Crippen molar-refractivity contribution in [1.82, 2.24) is 5.16 Å². The second-order valence-electron chi connectivity index (χ2n) is 4.06. The fourth-order valence-corrected chi connectivity index (χ4v) is 2.33. The monoisotopic (exact) mass is 288 g/mol. The van der Waals surface area contributed by atoms with Crippen LogP contribution in [-0.4, -0.2) is 19.8 Å². The zero-order valence-corrected chi connectivity index (χ0v) is 10.7. The SMILES string of the molecule is CS(=O)(=O)Cc1onc(N)c1-c1ccc(F)cc1F. The summed E-state index contributed by atoms with van der Waals surface area (Å²) in [5, 5.41) is 3.42. The van der Waals surface area contributed by atoms with Gasteiger partial charge in [-0.2, -0.15) is 0 Å². The minimum atomic E-state index is -3.40.